The first-order valence-electron chi connectivity index (χ1n) is 6.82. The number of hydrogen-bond acceptors (Lipinski definition) is 3. The summed E-state index contributed by atoms with van der Waals surface area (Å²) in [5.41, 5.74) is 2.22. The van der Waals surface area contributed by atoms with Gasteiger partial charge in [0.25, 0.3) is 0 Å². The third kappa shape index (κ3) is 3.05. The van der Waals surface area contributed by atoms with Crippen molar-refractivity contribution < 1.29 is 5.11 Å². The molecule has 0 bridgehead atoms. The maximum Gasteiger partial charge on any atom is 0.148 e. The minimum atomic E-state index is -0.0123. The van der Waals surface area contributed by atoms with Crippen LogP contribution in [0, 0.1) is 0 Å². The average Bonchev–Trinajstić information content (AvgIpc) is 2.92. The van der Waals surface area contributed by atoms with Gasteiger partial charge in [-0.2, -0.15) is 5.10 Å². The molecule has 2 N–H and O–H groups in total. The van der Waals surface area contributed by atoms with Crippen LogP contribution < -0.4 is 5.32 Å². The molecule has 3 rings (SSSR count). The van der Waals surface area contributed by atoms with Crippen LogP contribution in [0.5, 0.6) is 5.75 Å². The number of aromatic hydroxyl groups is 1. The van der Waals surface area contributed by atoms with Gasteiger partial charge >= 0.3 is 0 Å². The summed E-state index contributed by atoms with van der Waals surface area (Å²) in [5, 5.41) is 17.3. The third-order valence-corrected chi connectivity index (χ3v) is 3.37. The van der Waals surface area contributed by atoms with Crippen molar-refractivity contribution in [2.24, 2.45) is 7.05 Å². The Morgan fingerprint density at radius 1 is 0.952 bits per heavy atom. The smallest absolute Gasteiger partial charge is 0.148 e. The fraction of sp³-hybridized carbons (Fsp3) is 0.118. The standard InChI is InChI=1S/C17H17N3O/c1-20-12-11-16(19-20)18-17(13-5-3-2-4-6-13)14-7-9-15(21)10-8-14/h2-12,17,21H,1H3,(H,18,19). The molecular formula is C17H17N3O. The van der Waals surface area contributed by atoms with E-state index in [0.717, 1.165) is 16.9 Å². The summed E-state index contributed by atoms with van der Waals surface area (Å²) in [6, 6.07) is 19.4. The molecule has 0 spiro atoms. The van der Waals surface area contributed by atoms with Crippen LogP contribution in [0.4, 0.5) is 5.82 Å². The second kappa shape index (κ2) is 5.71. The molecule has 106 valence electrons. The normalized spacial score (nSPS) is 12.0. The van der Waals surface area contributed by atoms with Gasteiger partial charge in [-0.1, -0.05) is 42.5 Å². The van der Waals surface area contributed by atoms with Crippen LogP contribution in [0.1, 0.15) is 17.2 Å². The number of aromatic nitrogens is 2. The SMILES string of the molecule is Cn1ccc(NC(c2ccccc2)c2ccc(O)cc2)n1. The van der Waals surface area contributed by atoms with Gasteiger partial charge in [0.15, 0.2) is 0 Å². The molecule has 0 aliphatic carbocycles. The Kier molecular flexibility index (Phi) is 3.60. The molecular weight excluding hydrogens is 262 g/mol. The highest BCUT2D eigenvalue weighted by molar-refractivity contribution is 5.44. The molecule has 21 heavy (non-hydrogen) atoms. The molecule has 0 aliphatic rings. The molecule has 1 atom stereocenters. The maximum absolute atomic E-state index is 9.47. The molecule has 3 aromatic rings. The number of phenolic OH excluding ortho intramolecular Hbond substituents is 1. The van der Waals surface area contributed by atoms with Gasteiger partial charge in [-0.05, 0) is 23.3 Å². The highest BCUT2D eigenvalue weighted by Gasteiger charge is 2.14. The van der Waals surface area contributed by atoms with Gasteiger partial charge in [0.1, 0.15) is 11.6 Å². The number of aryl methyl sites for hydroxylation is 1. The fourth-order valence-electron chi connectivity index (χ4n) is 2.31. The van der Waals surface area contributed by atoms with Gasteiger partial charge in [-0.3, -0.25) is 4.68 Å². The van der Waals surface area contributed by atoms with Gasteiger partial charge < -0.3 is 10.4 Å². The molecule has 1 aromatic heterocycles. The predicted octanol–water partition coefficient (Wildman–Crippen LogP) is 3.33. The second-order valence-electron chi connectivity index (χ2n) is 4.95. The number of rotatable bonds is 4. The zero-order chi connectivity index (χ0) is 14.7. The van der Waals surface area contributed by atoms with Crippen LogP contribution >= 0.6 is 0 Å². The minimum Gasteiger partial charge on any atom is -0.508 e. The van der Waals surface area contributed by atoms with E-state index >= 15 is 0 Å². The van der Waals surface area contributed by atoms with Crippen molar-refractivity contribution in [1.29, 1.82) is 0 Å². The second-order valence-corrected chi connectivity index (χ2v) is 4.95. The van der Waals surface area contributed by atoms with Crippen LogP contribution in [0.15, 0.2) is 66.9 Å². The number of anilines is 1. The lowest BCUT2D eigenvalue weighted by Crippen LogP contribution is -2.12. The maximum atomic E-state index is 9.47. The quantitative estimate of drug-likeness (QED) is 0.770. The number of hydrogen-bond donors (Lipinski definition) is 2. The lowest BCUT2D eigenvalue weighted by molar-refractivity contribution is 0.475. The first-order valence-corrected chi connectivity index (χ1v) is 6.82. The first-order chi connectivity index (χ1) is 10.2. The largest absolute Gasteiger partial charge is 0.508 e. The molecule has 1 heterocycles. The van der Waals surface area contributed by atoms with Crippen molar-refractivity contribution >= 4 is 5.82 Å². The zero-order valence-corrected chi connectivity index (χ0v) is 11.8. The monoisotopic (exact) mass is 279 g/mol. The van der Waals surface area contributed by atoms with Crippen LogP contribution in [0.25, 0.3) is 0 Å². The molecule has 1 unspecified atom stereocenters. The molecule has 0 aliphatic heterocycles. The summed E-state index contributed by atoms with van der Waals surface area (Å²) >= 11 is 0. The van der Waals surface area contributed by atoms with Crippen LogP contribution in [0.3, 0.4) is 0 Å². The van der Waals surface area contributed by atoms with E-state index in [2.05, 4.69) is 22.5 Å². The Balaban J connectivity index is 1.96. The van der Waals surface area contributed by atoms with Crippen molar-refractivity contribution in [3.63, 3.8) is 0 Å². The Morgan fingerprint density at radius 3 is 2.24 bits per heavy atom. The fourth-order valence-corrected chi connectivity index (χ4v) is 2.31. The molecule has 0 saturated heterocycles. The van der Waals surface area contributed by atoms with E-state index in [-0.39, 0.29) is 11.8 Å². The van der Waals surface area contributed by atoms with Gasteiger partial charge in [0.05, 0.1) is 6.04 Å². The van der Waals surface area contributed by atoms with E-state index in [0.29, 0.717) is 0 Å². The molecule has 4 nitrogen and oxygen atoms in total. The van der Waals surface area contributed by atoms with Crippen LogP contribution in [-0.2, 0) is 7.05 Å². The van der Waals surface area contributed by atoms with Crippen LogP contribution in [0.2, 0.25) is 0 Å². The number of nitrogens with one attached hydrogen (secondary N) is 1. The predicted molar refractivity (Wildman–Crippen MR) is 83.2 cm³/mol. The van der Waals surface area contributed by atoms with Crippen LogP contribution in [-0.4, -0.2) is 14.9 Å². The third-order valence-electron chi connectivity index (χ3n) is 3.37. The van der Waals surface area contributed by atoms with Gasteiger partial charge in [0, 0.05) is 19.3 Å². The Labute approximate surface area is 123 Å². The molecule has 0 amide bonds. The highest BCUT2D eigenvalue weighted by atomic mass is 16.3. The summed E-state index contributed by atoms with van der Waals surface area (Å²) in [6.45, 7) is 0. The first kappa shape index (κ1) is 13.2. The lowest BCUT2D eigenvalue weighted by atomic mass is 9.98. The van der Waals surface area contributed by atoms with Crippen molar-refractivity contribution in [3.05, 3.63) is 78.0 Å². The molecule has 0 fully saturated rings. The minimum absolute atomic E-state index is 0.0123. The average molecular weight is 279 g/mol. The number of benzene rings is 2. The summed E-state index contributed by atoms with van der Waals surface area (Å²) in [6.07, 6.45) is 1.90. The molecule has 0 saturated carbocycles. The van der Waals surface area contributed by atoms with Crippen molar-refractivity contribution in [3.8, 4) is 5.75 Å². The van der Waals surface area contributed by atoms with E-state index in [9.17, 15) is 5.11 Å². The molecule has 2 aromatic carbocycles. The number of phenols is 1. The summed E-state index contributed by atoms with van der Waals surface area (Å²) < 4.78 is 1.77. The Morgan fingerprint density at radius 2 is 1.62 bits per heavy atom. The highest BCUT2D eigenvalue weighted by Crippen LogP contribution is 2.27. The van der Waals surface area contributed by atoms with Gasteiger partial charge in [0.2, 0.25) is 0 Å². The van der Waals surface area contributed by atoms with Crippen molar-refractivity contribution in [2.75, 3.05) is 5.32 Å². The van der Waals surface area contributed by atoms with Crippen molar-refractivity contribution in [2.45, 2.75) is 6.04 Å². The van der Waals surface area contributed by atoms with E-state index in [1.807, 2.05) is 49.6 Å². The van der Waals surface area contributed by atoms with E-state index in [4.69, 9.17) is 0 Å². The van der Waals surface area contributed by atoms with Crippen molar-refractivity contribution in [1.82, 2.24) is 9.78 Å². The lowest BCUT2D eigenvalue weighted by Gasteiger charge is -2.19. The molecule has 4 heteroatoms. The van der Waals surface area contributed by atoms with E-state index < -0.39 is 0 Å². The van der Waals surface area contributed by atoms with E-state index in [1.165, 1.54) is 0 Å². The Bertz CT molecular complexity index is 704. The Hall–Kier alpha value is -2.75. The summed E-state index contributed by atoms with van der Waals surface area (Å²) in [7, 11) is 1.89. The summed E-state index contributed by atoms with van der Waals surface area (Å²) in [5.74, 6) is 1.09. The topological polar surface area (TPSA) is 50.1 Å². The zero-order valence-electron chi connectivity index (χ0n) is 11.8. The molecule has 0 radical (unpaired) electrons. The van der Waals surface area contributed by atoms with Gasteiger partial charge in [-0.15, -0.1) is 0 Å². The number of nitrogens with zero attached hydrogens (tertiary/aromatic N) is 2. The van der Waals surface area contributed by atoms with E-state index in [1.54, 1.807) is 16.8 Å². The van der Waals surface area contributed by atoms with Gasteiger partial charge in [-0.25, -0.2) is 0 Å². The summed E-state index contributed by atoms with van der Waals surface area (Å²) in [4.78, 5) is 0.